The van der Waals surface area contributed by atoms with Crippen molar-refractivity contribution >= 4 is 6.03 Å². The van der Waals surface area contributed by atoms with Crippen LogP contribution in [0.2, 0.25) is 0 Å². The Balaban J connectivity index is 2.36. The highest BCUT2D eigenvalue weighted by molar-refractivity contribution is 5.73. The highest BCUT2D eigenvalue weighted by atomic mass is 16.3. The average molecular weight is 293 g/mol. The van der Waals surface area contributed by atoms with E-state index < -0.39 is 0 Å². The summed E-state index contributed by atoms with van der Waals surface area (Å²) in [7, 11) is 0. The van der Waals surface area contributed by atoms with Gasteiger partial charge in [0.15, 0.2) is 0 Å². The number of pyridine rings is 1. The summed E-state index contributed by atoms with van der Waals surface area (Å²) in [5.41, 5.74) is 0.992. The van der Waals surface area contributed by atoms with Crippen molar-refractivity contribution < 1.29 is 9.90 Å². The standard InChI is InChI=1S/C16H27N3O2/c1-12(9-13(2)20)10-18-15(21)19-11-16(3,4)14-5-7-17-8-6-14/h5-8,12-13,20H,9-11H2,1-4H3,(H2,18,19,21). The molecule has 0 aliphatic heterocycles. The second-order valence-corrected chi connectivity index (χ2v) is 6.37. The summed E-state index contributed by atoms with van der Waals surface area (Å²) in [6.07, 6.45) is 3.86. The number of carbonyl (C=O) groups excluding carboxylic acids is 1. The number of nitrogens with one attached hydrogen (secondary N) is 2. The molecule has 0 aromatic carbocycles. The van der Waals surface area contributed by atoms with Gasteiger partial charge in [0.25, 0.3) is 0 Å². The number of aromatic nitrogens is 1. The Morgan fingerprint density at radius 2 is 1.90 bits per heavy atom. The van der Waals surface area contributed by atoms with E-state index in [9.17, 15) is 9.90 Å². The Hall–Kier alpha value is -1.62. The molecule has 0 radical (unpaired) electrons. The first kappa shape index (κ1) is 17.4. The van der Waals surface area contributed by atoms with Crippen LogP contribution in [0.5, 0.6) is 0 Å². The molecule has 1 aromatic heterocycles. The first-order valence-corrected chi connectivity index (χ1v) is 7.41. The van der Waals surface area contributed by atoms with Crippen LogP contribution < -0.4 is 10.6 Å². The summed E-state index contributed by atoms with van der Waals surface area (Å²) in [5, 5.41) is 15.0. The Kier molecular flexibility index (Phi) is 6.62. The Morgan fingerprint density at radius 3 is 2.48 bits per heavy atom. The van der Waals surface area contributed by atoms with Crippen LogP contribution in [-0.4, -0.2) is 35.3 Å². The Labute approximate surface area is 127 Å². The van der Waals surface area contributed by atoms with Crippen LogP contribution in [-0.2, 0) is 5.41 Å². The number of aliphatic hydroxyl groups is 1. The minimum absolute atomic E-state index is 0.147. The van der Waals surface area contributed by atoms with Crippen molar-refractivity contribution in [2.75, 3.05) is 13.1 Å². The summed E-state index contributed by atoms with van der Waals surface area (Å²) >= 11 is 0. The normalized spacial score (nSPS) is 14.3. The van der Waals surface area contributed by atoms with Crippen LogP contribution in [0.15, 0.2) is 24.5 Å². The lowest BCUT2D eigenvalue weighted by atomic mass is 9.85. The van der Waals surface area contributed by atoms with Crippen molar-refractivity contribution in [1.29, 1.82) is 0 Å². The predicted octanol–water partition coefficient (Wildman–Crippen LogP) is 2.07. The highest BCUT2D eigenvalue weighted by Crippen LogP contribution is 2.20. The molecule has 5 nitrogen and oxygen atoms in total. The molecule has 21 heavy (non-hydrogen) atoms. The van der Waals surface area contributed by atoms with Crippen molar-refractivity contribution in [3.8, 4) is 0 Å². The SMILES string of the molecule is CC(O)CC(C)CNC(=O)NCC(C)(C)c1ccncc1. The number of hydrogen-bond donors (Lipinski definition) is 3. The molecule has 0 saturated carbocycles. The number of hydrogen-bond acceptors (Lipinski definition) is 3. The fraction of sp³-hybridized carbons (Fsp3) is 0.625. The van der Waals surface area contributed by atoms with Crippen molar-refractivity contribution in [2.45, 2.75) is 45.6 Å². The van der Waals surface area contributed by atoms with E-state index in [0.29, 0.717) is 19.5 Å². The molecule has 118 valence electrons. The summed E-state index contributed by atoms with van der Waals surface area (Å²) in [6, 6.07) is 3.75. The van der Waals surface area contributed by atoms with Gasteiger partial charge in [-0.25, -0.2) is 4.79 Å². The van der Waals surface area contributed by atoms with Gasteiger partial charge in [-0.2, -0.15) is 0 Å². The lowest BCUT2D eigenvalue weighted by molar-refractivity contribution is 0.163. The maximum absolute atomic E-state index is 11.8. The van der Waals surface area contributed by atoms with Crippen molar-refractivity contribution in [3.05, 3.63) is 30.1 Å². The van der Waals surface area contributed by atoms with Crippen molar-refractivity contribution in [1.82, 2.24) is 15.6 Å². The molecular formula is C16H27N3O2. The fourth-order valence-electron chi connectivity index (χ4n) is 2.20. The molecule has 0 aliphatic carbocycles. The highest BCUT2D eigenvalue weighted by Gasteiger charge is 2.21. The number of aliphatic hydroxyl groups excluding tert-OH is 1. The van der Waals surface area contributed by atoms with Gasteiger partial charge in [-0.15, -0.1) is 0 Å². The number of urea groups is 1. The average Bonchev–Trinajstić information content (AvgIpc) is 2.43. The summed E-state index contributed by atoms with van der Waals surface area (Å²) in [6.45, 7) is 9.04. The van der Waals surface area contributed by atoms with E-state index in [0.717, 1.165) is 5.56 Å². The molecule has 0 bridgehead atoms. The molecule has 0 saturated heterocycles. The lowest BCUT2D eigenvalue weighted by Gasteiger charge is -2.25. The maximum atomic E-state index is 11.8. The minimum Gasteiger partial charge on any atom is -0.393 e. The van der Waals surface area contributed by atoms with E-state index in [1.165, 1.54) is 0 Å². The first-order valence-electron chi connectivity index (χ1n) is 7.41. The molecule has 1 aromatic rings. The number of rotatable bonds is 7. The largest absolute Gasteiger partial charge is 0.393 e. The fourth-order valence-corrected chi connectivity index (χ4v) is 2.20. The van der Waals surface area contributed by atoms with Crippen LogP contribution in [0.4, 0.5) is 4.79 Å². The molecule has 1 heterocycles. The third-order valence-corrected chi connectivity index (χ3v) is 3.51. The predicted molar refractivity (Wildman–Crippen MR) is 84.1 cm³/mol. The van der Waals surface area contributed by atoms with Crippen LogP contribution in [0.1, 0.15) is 39.7 Å². The van der Waals surface area contributed by atoms with Gasteiger partial charge in [0, 0.05) is 30.9 Å². The molecule has 5 heteroatoms. The van der Waals surface area contributed by atoms with E-state index in [-0.39, 0.29) is 23.5 Å². The monoisotopic (exact) mass is 293 g/mol. The van der Waals surface area contributed by atoms with Crippen LogP contribution in [0.3, 0.4) is 0 Å². The van der Waals surface area contributed by atoms with E-state index in [4.69, 9.17) is 0 Å². The third kappa shape index (κ3) is 6.58. The summed E-state index contributed by atoms with van der Waals surface area (Å²) in [4.78, 5) is 15.8. The van der Waals surface area contributed by atoms with Gasteiger partial charge in [0.2, 0.25) is 0 Å². The molecular weight excluding hydrogens is 266 g/mol. The third-order valence-electron chi connectivity index (χ3n) is 3.51. The topological polar surface area (TPSA) is 74.2 Å². The van der Waals surface area contributed by atoms with Crippen LogP contribution >= 0.6 is 0 Å². The van der Waals surface area contributed by atoms with Crippen molar-refractivity contribution in [3.63, 3.8) is 0 Å². The molecule has 2 unspecified atom stereocenters. The van der Waals surface area contributed by atoms with E-state index in [1.807, 2.05) is 19.1 Å². The summed E-state index contributed by atoms with van der Waals surface area (Å²) < 4.78 is 0. The van der Waals surface area contributed by atoms with Gasteiger partial charge in [0.05, 0.1) is 6.10 Å². The molecule has 2 amide bonds. The number of nitrogens with zero attached hydrogens (tertiary/aromatic N) is 1. The maximum Gasteiger partial charge on any atom is 0.314 e. The molecule has 1 rings (SSSR count). The Bertz CT molecular complexity index is 432. The lowest BCUT2D eigenvalue weighted by Crippen LogP contribution is -2.43. The first-order chi connectivity index (χ1) is 9.81. The van der Waals surface area contributed by atoms with Gasteiger partial charge in [0.1, 0.15) is 0 Å². The zero-order valence-electron chi connectivity index (χ0n) is 13.4. The molecule has 0 aliphatic rings. The second-order valence-electron chi connectivity index (χ2n) is 6.37. The van der Waals surface area contributed by atoms with Gasteiger partial charge < -0.3 is 15.7 Å². The molecule has 3 N–H and O–H groups in total. The smallest absolute Gasteiger partial charge is 0.314 e. The number of carbonyl (C=O) groups is 1. The van der Waals surface area contributed by atoms with Crippen LogP contribution in [0, 0.1) is 5.92 Å². The zero-order chi connectivity index (χ0) is 15.9. The van der Waals surface area contributed by atoms with E-state index in [2.05, 4.69) is 29.5 Å². The van der Waals surface area contributed by atoms with Gasteiger partial charge >= 0.3 is 6.03 Å². The van der Waals surface area contributed by atoms with Gasteiger partial charge in [-0.1, -0.05) is 20.8 Å². The Morgan fingerprint density at radius 1 is 1.29 bits per heavy atom. The second kappa shape index (κ2) is 7.98. The van der Waals surface area contributed by atoms with Crippen LogP contribution in [0.25, 0.3) is 0 Å². The quantitative estimate of drug-likeness (QED) is 0.720. The van der Waals surface area contributed by atoms with Gasteiger partial charge in [-0.3, -0.25) is 4.98 Å². The van der Waals surface area contributed by atoms with E-state index in [1.54, 1.807) is 19.3 Å². The van der Waals surface area contributed by atoms with Gasteiger partial charge in [-0.05, 0) is 37.0 Å². The number of amides is 2. The summed E-state index contributed by atoms with van der Waals surface area (Å²) in [5.74, 6) is 0.254. The molecule has 2 atom stereocenters. The van der Waals surface area contributed by atoms with Crippen molar-refractivity contribution in [2.24, 2.45) is 5.92 Å². The minimum atomic E-state index is -0.338. The zero-order valence-corrected chi connectivity index (χ0v) is 13.4. The molecule has 0 fully saturated rings. The molecule has 0 spiro atoms. The van der Waals surface area contributed by atoms with E-state index >= 15 is 0 Å².